The maximum Gasteiger partial charge on any atom is 0.338 e. The van der Waals surface area contributed by atoms with Gasteiger partial charge in [-0.3, -0.25) is 0 Å². The highest BCUT2D eigenvalue weighted by molar-refractivity contribution is 6.29. The average Bonchev–Trinajstić information content (AvgIpc) is 2.28. The zero-order valence-electron chi connectivity index (χ0n) is 11.4. The topological polar surface area (TPSA) is 39.2 Å². The highest BCUT2D eigenvalue weighted by Crippen LogP contribution is 2.19. The lowest BCUT2D eigenvalue weighted by atomic mass is 10.1. The number of carbonyl (C=O) groups excluding carboxylic acids is 1. The molecule has 3 nitrogen and oxygen atoms in total. The smallest absolute Gasteiger partial charge is 0.338 e. The zero-order chi connectivity index (χ0) is 13.7. The van der Waals surface area contributed by atoms with E-state index in [1.165, 1.54) is 0 Å². The van der Waals surface area contributed by atoms with Gasteiger partial charge in [0.15, 0.2) is 0 Å². The van der Waals surface area contributed by atoms with E-state index in [1.807, 2.05) is 20.8 Å². The molecule has 0 aliphatic carbocycles. The molecule has 0 aliphatic rings. The van der Waals surface area contributed by atoms with Crippen LogP contribution in [0.25, 0.3) is 0 Å². The number of nitrogens with zero attached hydrogens (tertiary/aromatic N) is 1. The van der Waals surface area contributed by atoms with Crippen molar-refractivity contribution in [2.24, 2.45) is 0 Å². The quantitative estimate of drug-likeness (QED) is 0.594. The molecule has 100 valence electrons. The first-order valence-electron chi connectivity index (χ1n) is 6.32. The molecule has 0 fully saturated rings. The number of aromatic nitrogens is 1. The SMILES string of the molecule is CCCC(C)OC(=O)c1cc(Cl)nc(C(C)C)c1. The van der Waals surface area contributed by atoms with Gasteiger partial charge in [0.05, 0.1) is 11.7 Å². The van der Waals surface area contributed by atoms with Gasteiger partial charge in [0, 0.05) is 5.69 Å². The van der Waals surface area contributed by atoms with Crippen LogP contribution in [0.15, 0.2) is 12.1 Å². The fraction of sp³-hybridized carbons (Fsp3) is 0.571. The van der Waals surface area contributed by atoms with Crippen molar-refractivity contribution in [3.8, 4) is 0 Å². The predicted octanol–water partition coefficient (Wildman–Crippen LogP) is 4.20. The fourth-order valence-corrected chi connectivity index (χ4v) is 1.86. The lowest BCUT2D eigenvalue weighted by molar-refractivity contribution is 0.0323. The van der Waals surface area contributed by atoms with E-state index >= 15 is 0 Å². The van der Waals surface area contributed by atoms with Gasteiger partial charge in [-0.05, 0) is 31.4 Å². The molecule has 0 radical (unpaired) electrons. The highest BCUT2D eigenvalue weighted by Gasteiger charge is 2.14. The first kappa shape index (κ1) is 15.0. The summed E-state index contributed by atoms with van der Waals surface area (Å²) in [7, 11) is 0. The molecular weight excluding hydrogens is 250 g/mol. The van der Waals surface area contributed by atoms with Crippen LogP contribution in [-0.2, 0) is 4.74 Å². The average molecular weight is 270 g/mol. The molecule has 0 aromatic carbocycles. The van der Waals surface area contributed by atoms with E-state index in [0.29, 0.717) is 10.7 Å². The standard InChI is InChI=1S/C14H20ClNO2/c1-5-6-10(4)18-14(17)11-7-12(9(2)3)16-13(15)8-11/h7-10H,5-6H2,1-4H3. The van der Waals surface area contributed by atoms with E-state index in [2.05, 4.69) is 11.9 Å². The Morgan fingerprint density at radius 3 is 2.61 bits per heavy atom. The van der Waals surface area contributed by atoms with Gasteiger partial charge in [0.1, 0.15) is 5.15 Å². The highest BCUT2D eigenvalue weighted by atomic mass is 35.5. The van der Waals surface area contributed by atoms with Crippen LogP contribution in [0, 0.1) is 0 Å². The number of esters is 1. The van der Waals surface area contributed by atoms with Gasteiger partial charge in [-0.1, -0.05) is 38.8 Å². The number of hydrogen-bond donors (Lipinski definition) is 0. The molecule has 1 unspecified atom stereocenters. The molecule has 0 N–H and O–H groups in total. The molecule has 0 bridgehead atoms. The summed E-state index contributed by atoms with van der Waals surface area (Å²) in [5.41, 5.74) is 1.28. The third kappa shape index (κ3) is 4.30. The lowest BCUT2D eigenvalue weighted by Crippen LogP contribution is -2.15. The van der Waals surface area contributed by atoms with Crippen molar-refractivity contribution in [1.29, 1.82) is 0 Å². The summed E-state index contributed by atoms with van der Waals surface area (Å²) in [6, 6.07) is 3.30. The van der Waals surface area contributed by atoms with E-state index in [-0.39, 0.29) is 18.0 Å². The van der Waals surface area contributed by atoms with E-state index in [1.54, 1.807) is 12.1 Å². The molecule has 0 saturated heterocycles. The summed E-state index contributed by atoms with van der Waals surface area (Å²) >= 11 is 5.92. The monoisotopic (exact) mass is 269 g/mol. The third-order valence-corrected chi connectivity index (χ3v) is 2.84. The van der Waals surface area contributed by atoms with Crippen molar-refractivity contribution in [2.45, 2.75) is 52.6 Å². The molecule has 1 aromatic heterocycles. The van der Waals surface area contributed by atoms with Crippen molar-refractivity contribution in [3.63, 3.8) is 0 Å². The summed E-state index contributed by atoms with van der Waals surface area (Å²) in [6.07, 6.45) is 1.78. The minimum atomic E-state index is -0.331. The Bertz CT molecular complexity index is 418. The van der Waals surface area contributed by atoms with E-state index in [4.69, 9.17) is 16.3 Å². The lowest BCUT2D eigenvalue weighted by Gasteiger charge is -2.13. The Kier molecular flexibility index (Phi) is 5.60. The summed E-state index contributed by atoms with van der Waals surface area (Å²) < 4.78 is 5.34. The molecule has 1 heterocycles. The number of rotatable bonds is 5. The molecule has 1 rings (SSSR count). The van der Waals surface area contributed by atoms with E-state index in [9.17, 15) is 4.79 Å². The number of halogens is 1. The molecule has 0 spiro atoms. The number of ether oxygens (including phenoxy) is 1. The minimum absolute atomic E-state index is 0.0723. The van der Waals surface area contributed by atoms with Crippen LogP contribution in [0.2, 0.25) is 5.15 Å². The van der Waals surface area contributed by atoms with Crippen LogP contribution in [0.1, 0.15) is 62.5 Å². The normalized spacial score (nSPS) is 12.6. The molecule has 1 aromatic rings. The minimum Gasteiger partial charge on any atom is -0.459 e. The van der Waals surface area contributed by atoms with Crippen molar-refractivity contribution >= 4 is 17.6 Å². The molecular formula is C14H20ClNO2. The largest absolute Gasteiger partial charge is 0.459 e. The zero-order valence-corrected chi connectivity index (χ0v) is 12.1. The third-order valence-electron chi connectivity index (χ3n) is 2.64. The maximum atomic E-state index is 11.9. The van der Waals surface area contributed by atoms with Gasteiger partial charge in [-0.2, -0.15) is 0 Å². The molecule has 4 heteroatoms. The summed E-state index contributed by atoms with van der Waals surface area (Å²) in [6.45, 7) is 7.97. The van der Waals surface area contributed by atoms with Crippen LogP contribution in [0.3, 0.4) is 0 Å². The molecule has 0 saturated carbocycles. The van der Waals surface area contributed by atoms with Crippen LogP contribution in [0.5, 0.6) is 0 Å². The van der Waals surface area contributed by atoms with E-state index in [0.717, 1.165) is 18.5 Å². The second-order valence-corrected chi connectivity index (χ2v) is 5.15. The van der Waals surface area contributed by atoms with Crippen molar-refractivity contribution in [2.75, 3.05) is 0 Å². The predicted molar refractivity (Wildman–Crippen MR) is 73.1 cm³/mol. The summed E-state index contributed by atoms with van der Waals surface area (Å²) in [5.74, 6) is -0.106. The molecule has 18 heavy (non-hydrogen) atoms. The van der Waals surface area contributed by atoms with Crippen LogP contribution < -0.4 is 0 Å². The van der Waals surface area contributed by atoms with Crippen molar-refractivity contribution < 1.29 is 9.53 Å². The van der Waals surface area contributed by atoms with E-state index < -0.39 is 0 Å². The second-order valence-electron chi connectivity index (χ2n) is 4.76. The molecule has 0 aliphatic heterocycles. The Balaban J connectivity index is 2.85. The van der Waals surface area contributed by atoms with Gasteiger partial charge in [0.25, 0.3) is 0 Å². The number of pyridine rings is 1. The Labute approximate surface area is 114 Å². The fourth-order valence-electron chi connectivity index (χ4n) is 1.65. The number of hydrogen-bond acceptors (Lipinski definition) is 3. The molecule has 1 atom stereocenters. The first-order valence-corrected chi connectivity index (χ1v) is 6.70. The first-order chi connectivity index (χ1) is 8.43. The van der Waals surface area contributed by atoms with Gasteiger partial charge in [0.2, 0.25) is 0 Å². The Morgan fingerprint density at radius 2 is 2.06 bits per heavy atom. The Hall–Kier alpha value is -1.09. The summed E-state index contributed by atoms with van der Waals surface area (Å²) in [5, 5.41) is 0.330. The van der Waals surface area contributed by atoms with Gasteiger partial charge >= 0.3 is 5.97 Å². The van der Waals surface area contributed by atoms with Crippen LogP contribution >= 0.6 is 11.6 Å². The van der Waals surface area contributed by atoms with Crippen LogP contribution in [-0.4, -0.2) is 17.1 Å². The van der Waals surface area contributed by atoms with Crippen molar-refractivity contribution in [1.82, 2.24) is 4.98 Å². The van der Waals surface area contributed by atoms with Crippen molar-refractivity contribution in [3.05, 3.63) is 28.5 Å². The van der Waals surface area contributed by atoms with Crippen LogP contribution in [0.4, 0.5) is 0 Å². The molecule has 0 amide bonds. The second kappa shape index (κ2) is 6.74. The van der Waals surface area contributed by atoms with Gasteiger partial charge in [-0.15, -0.1) is 0 Å². The summed E-state index contributed by atoms with van der Waals surface area (Å²) in [4.78, 5) is 16.1. The maximum absolute atomic E-state index is 11.9. The van der Waals surface area contributed by atoms with Gasteiger partial charge in [-0.25, -0.2) is 9.78 Å². The van der Waals surface area contributed by atoms with Gasteiger partial charge < -0.3 is 4.74 Å². The Morgan fingerprint density at radius 1 is 1.39 bits per heavy atom. The number of carbonyl (C=O) groups is 1.